The zero-order valence-corrected chi connectivity index (χ0v) is 74.5. The zero-order chi connectivity index (χ0) is 81.8. The predicted molar refractivity (Wildman–Crippen MR) is 441 cm³/mol. The topological polar surface area (TPSA) is 356 Å². The highest BCUT2D eigenvalue weighted by Crippen LogP contribution is 2.45. The lowest BCUT2D eigenvalue weighted by Crippen LogP contribution is -2.56. The van der Waals surface area contributed by atoms with Gasteiger partial charge in [-0.05, 0) is 262 Å². The van der Waals surface area contributed by atoms with Gasteiger partial charge in [0.2, 0.25) is 5.91 Å². The molecule has 1 aliphatic rings. The molecule has 0 aliphatic carbocycles. The van der Waals surface area contributed by atoms with Gasteiger partial charge in [-0.25, -0.2) is 15.4 Å². The van der Waals surface area contributed by atoms with Crippen molar-refractivity contribution in [3.63, 3.8) is 0 Å². The van der Waals surface area contributed by atoms with Crippen LogP contribution in [0.3, 0.4) is 0 Å². The number of ketones is 1. The van der Waals surface area contributed by atoms with Crippen molar-refractivity contribution < 1.29 is 108 Å². The van der Waals surface area contributed by atoms with E-state index in [-0.39, 0.29) is 61.9 Å². The molecule has 1 saturated heterocycles. The van der Waals surface area contributed by atoms with Crippen LogP contribution in [-0.4, -0.2) is 138 Å². The summed E-state index contributed by atoms with van der Waals surface area (Å²) in [5.41, 5.74) is 3.41. The lowest BCUT2D eigenvalue weighted by Gasteiger charge is -2.36. The summed E-state index contributed by atoms with van der Waals surface area (Å²) in [6, 6.07) is 22.2. The number of epoxide rings is 1. The quantitative estimate of drug-likeness (QED) is 0.00477. The van der Waals surface area contributed by atoms with E-state index in [1.165, 1.54) is 12.7 Å². The van der Waals surface area contributed by atoms with Gasteiger partial charge in [-0.15, -0.1) is 0 Å². The van der Waals surface area contributed by atoms with Crippen LogP contribution in [0.5, 0.6) is 0 Å². The number of hydrogen-bond donors (Lipinski definition) is 7. The number of rotatable bonds is 25. The Hall–Kier alpha value is -3.75. The third-order valence-corrected chi connectivity index (χ3v) is 17.0. The first-order valence-electron chi connectivity index (χ1n) is 32.9. The second-order valence-electron chi connectivity index (χ2n) is 29.1. The standard InChI is InChI=1S/C20H27F3INO4.C17H25IO3.C16H21IO3.C9H14F3NO3.C5H12N2O2.C5H10O2.CH4.I2.H3N/c1-5-15(26)13(10-12-6-8-14(24)9-7-12)11-16(27)17(25-18(28)29-4)19(2,3)20(21,22)23;1-5-15(19)13(11-16(20)21-17(2,3)4)10-12-6-8-14(18)9-7-12;1-16(2,3)20-15(18)9-12(14-10-19-14)8-11-4-6-13(17)7-5-11;1-8(2,9(10,11)12)5(7(13)15)4-6(14)16-3;1-5(2,3)9-4(8)7-6;1-5(2,3)7-4-6;;1-2;/h6-9,13,15,17,26H,5,10-11H2,1-4H3,(H,25,28);6-9,13,15,19H,5,10-11H2,1-4H3;4-7,12,14H,8-10H2,1-3H3;5H,4H2,1-3H3,(H2,13,15);6H2,1-3H3,(H,7,8);4H,1-3H3;1H4;;1H3/t13-,15+,17-;13-,15+;12-,14+;5-;;;;;/m1111...../s1. The van der Waals surface area contributed by atoms with Gasteiger partial charge in [0, 0.05) is 60.3 Å². The van der Waals surface area contributed by atoms with Crippen molar-refractivity contribution >= 4 is 153 Å². The van der Waals surface area contributed by atoms with Crippen molar-refractivity contribution in [1.29, 1.82) is 0 Å². The van der Waals surface area contributed by atoms with Gasteiger partial charge in [0.15, 0.2) is 5.78 Å². The van der Waals surface area contributed by atoms with Crippen molar-refractivity contribution in [2.24, 2.45) is 46.1 Å². The number of nitrogens with two attached hydrogens (primary N) is 2. The number of amides is 3. The van der Waals surface area contributed by atoms with Crippen LogP contribution in [0, 0.1) is 45.2 Å². The number of halogens is 11. The number of Topliss-reactive ketones (excluding diaryl/α,β-unsaturated/α-hetero) is 1. The molecule has 106 heavy (non-hydrogen) atoms. The maximum atomic E-state index is 13.6. The molecule has 3 aromatic rings. The number of carbonyl (C=O) groups is 8. The van der Waals surface area contributed by atoms with Crippen LogP contribution in [0.1, 0.15) is 187 Å². The molecule has 0 unspecified atom stereocenters. The second-order valence-corrected chi connectivity index (χ2v) is 32.8. The number of carbonyl (C=O) groups excluding carboxylic acids is 8. The number of methoxy groups -OCH3 is 2. The number of ether oxygens (including phenoxy) is 7. The first kappa shape index (κ1) is 111. The van der Waals surface area contributed by atoms with Crippen molar-refractivity contribution in [3.8, 4) is 0 Å². The van der Waals surface area contributed by atoms with Gasteiger partial charge in [0.25, 0.3) is 6.47 Å². The van der Waals surface area contributed by atoms with E-state index in [2.05, 4.69) is 143 Å². The van der Waals surface area contributed by atoms with E-state index in [9.17, 15) is 74.9 Å². The smallest absolute Gasteiger partial charge is 0.421 e. The molecule has 0 spiro atoms. The van der Waals surface area contributed by atoms with E-state index in [1.807, 2.05) is 129 Å². The van der Waals surface area contributed by atoms with Crippen molar-refractivity contribution in [2.75, 3.05) is 20.8 Å². The molecule has 0 bridgehead atoms. The first-order chi connectivity index (χ1) is 47.4. The van der Waals surface area contributed by atoms with Crippen LogP contribution in [0.15, 0.2) is 72.8 Å². The van der Waals surface area contributed by atoms with Gasteiger partial charge < -0.3 is 60.6 Å². The van der Waals surface area contributed by atoms with Crippen LogP contribution < -0.4 is 28.5 Å². The van der Waals surface area contributed by atoms with Crippen LogP contribution in [0.4, 0.5) is 35.9 Å². The Kier molecular flexibility index (Phi) is 54.9. The number of primary amides is 1. The Morgan fingerprint density at radius 3 is 1.16 bits per heavy atom. The molecule has 8 atom stereocenters. The number of alkyl carbamates (subject to hydrolysis) is 1. The molecule has 0 aromatic heterocycles. The van der Waals surface area contributed by atoms with Gasteiger partial charge in [-0.2, -0.15) is 26.3 Å². The van der Waals surface area contributed by atoms with E-state index in [1.54, 1.807) is 27.7 Å². The maximum Gasteiger partial charge on any atom is 0.421 e. The van der Waals surface area contributed by atoms with E-state index in [4.69, 9.17) is 30.5 Å². The van der Waals surface area contributed by atoms with Crippen LogP contribution in [0.25, 0.3) is 0 Å². The van der Waals surface area contributed by atoms with Gasteiger partial charge in [0.1, 0.15) is 28.4 Å². The number of esters is 3. The summed E-state index contributed by atoms with van der Waals surface area (Å²) in [7, 11) is 2.04. The van der Waals surface area contributed by atoms with E-state index >= 15 is 0 Å². The number of hydrazine groups is 1. The highest BCUT2D eigenvalue weighted by atomic mass is 128. The summed E-state index contributed by atoms with van der Waals surface area (Å²) in [5, 5.41) is 22.6. The summed E-state index contributed by atoms with van der Waals surface area (Å²) in [6.45, 7) is 30.3. The number of aliphatic hydroxyl groups excluding tert-OH is 2. The Morgan fingerprint density at radius 1 is 0.547 bits per heavy atom. The summed E-state index contributed by atoms with van der Waals surface area (Å²) in [5.74, 6) is -0.623. The van der Waals surface area contributed by atoms with Crippen molar-refractivity contribution in [1.82, 2.24) is 16.9 Å². The first-order valence-corrected chi connectivity index (χ1v) is 42.4. The molecule has 612 valence electrons. The van der Waals surface area contributed by atoms with Crippen molar-refractivity contribution in [3.05, 3.63) is 100 Å². The second kappa shape index (κ2) is 52.5. The Bertz CT molecular complexity index is 3030. The normalized spacial score (nSPS) is 14.6. The zero-order valence-electron chi connectivity index (χ0n) is 63.7. The molecule has 11 N–H and O–H groups in total. The molecule has 1 aliphatic heterocycles. The lowest BCUT2D eigenvalue weighted by molar-refractivity contribution is -0.229. The van der Waals surface area contributed by atoms with E-state index in [0.29, 0.717) is 38.6 Å². The Labute approximate surface area is 688 Å². The summed E-state index contributed by atoms with van der Waals surface area (Å²) < 4.78 is 116. The molecule has 3 amide bonds. The Morgan fingerprint density at radius 2 is 0.896 bits per heavy atom. The number of benzene rings is 3. The van der Waals surface area contributed by atoms with Crippen LogP contribution in [-0.2, 0) is 81.2 Å². The van der Waals surface area contributed by atoms with Crippen molar-refractivity contribution in [2.45, 2.75) is 249 Å². The number of nitrogens with one attached hydrogen (secondary N) is 2. The number of hydrogen-bond acceptors (Lipinski definition) is 19. The molecule has 0 saturated carbocycles. The summed E-state index contributed by atoms with van der Waals surface area (Å²) >= 11 is 10.9. The minimum absolute atomic E-state index is 0. The lowest BCUT2D eigenvalue weighted by atomic mass is 9.76. The van der Waals surface area contributed by atoms with Gasteiger partial charge in [-0.1, -0.05) is 71.5 Å². The maximum absolute atomic E-state index is 13.6. The van der Waals surface area contributed by atoms with Gasteiger partial charge in [0.05, 0.1) is 75.1 Å². The van der Waals surface area contributed by atoms with Crippen LogP contribution in [0.2, 0.25) is 0 Å². The third-order valence-electron chi connectivity index (χ3n) is 14.9. The molecule has 1 fully saturated rings. The summed E-state index contributed by atoms with van der Waals surface area (Å²) in [6.07, 6.45) is -9.69. The molecule has 0 radical (unpaired) electrons. The average Bonchev–Trinajstić information content (AvgIpc) is 1.33. The van der Waals surface area contributed by atoms with Crippen LogP contribution >= 0.6 is 105 Å². The highest BCUT2D eigenvalue weighted by molar-refractivity contribution is 15.0. The van der Waals surface area contributed by atoms with E-state index in [0.717, 1.165) is 69.6 Å². The number of alkyl halides is 6. The molecular weight excluding hydrogens is 1970 g/mol. The molecule has 33 heteroatoms. The molecular formula is C73H116F6I5N5O17. The van der Waals surface area contributed by atoms with Gasteiger partial charge >= 0.3 is 42.4 Å². The Balaban J connectivity index is -0.000000400. The third kappa shape index (κ3) is 50.2. The monoisotopic (exact) mass is 2080 g/mol. The van der Waals surface area contributed by atoms with Gasteiger partial charge in [-0.3, -0.25) is 34.2 Å². The number of aliphatic hydroxyl groups is 2. The fourth-order valence-electron chi connectivity index (χ4n) is 8.97. The fourth-order valence-corrected chi connectivity index (χ4v) is 10.1. The minimum Gasteiger partial charge on any atom is -0.469 e. The minimum atomic E-state index is -4.73. The molecule has 3 aromatic carbocycles. The molecule has 4 rings (SSSR count). The van der Waals surface area contributed by atoms with E-state index < -0.39 is 106 Å². The highest BCUT2D eigenvalue weighted by Gasteiger charge is 2.56. The SMILES string of the molecule is C.CC(C)(C)OC(=O)C[C@@H](Cc1ccc(I)cc1)[C@@H]1CO1.CC(C)(C)OC(=O)NN.CC(C)(C)OC=O.CC[C@H](O)[C@@H](CC(=O)OC(C)(C)C)Cc1ccc(I)cc1.CC[C@H](O)[C@@H](CC(=O)[C@@H](NC(=O)OC)C(C)(C)C(F)(F)F)Cc1ccc(I)cc1.COC(=O)C[C@H](C(N)=O)C(C)(C)C(F)(F)F.II.N. The fraction of sp³-hybridized carbons (Fsp3) is 0.644. The largest absolute Gasteiger partial charge is 0.469 e. The molecule has 22 nitrogen and oxygen atoms in total. The summed E-state index contributed by atoms with van der Waals surface area (Å²) in [4.78, 5) is 90.3. The predicted octanol–water partition coefficient (Wildman–Crippen LogP) is 17.2. The average molecular weight is 2080 g/mol. The molecule has 1 heterocycles.